The van der Waals surface area contributed by atoms with Gasteiger partial charge >= 0.3 is 0 Å². The number of hydrogen-bond donors (Lipinski definition) is 1. The summed E-state index contributed by atoms with van der Waals surface area (Å²) in [4.78, 5) is 0.514. The summed E-state index contributed by atoms with van der Waals surface area (Å²) in [6.45, 7) is 2.07. The highest BCUT2D eigenvalue weighted by Crippen LogP contribution is 2.04. The van der Waals surface area contributed by atoms with Gasteiger partial charge in [-0.25, -0.2) is 0 Å². The van der Waals surface area contributed by atoms with Gasteiger partial charge in [0.15, 0.2) is 0 Å². The molecule has 1 heterocycles. The van der Waals surface area contributed by atoms with Gasteiger partial charge in [0.05, 0.1) is 24.8 Å². The Morgan fingerprint density at radius 1 is 1.70 bits per heavy atom. The maximum atomic E-state index is 5.30. The zero-order valence-electron chi connectivity index (χ0n) is 5.71. The van der Waals surface area contributed by atoms with Crippen molar-refractivity contribution in [1.29, 1.82) is 0 Å². The first-order chi connectivity index (χ1) is 4.79. The molecule has 1 aliphatic rings. The van der Waals surface area contributed by atoms with Crippen LogP contribution in [0.15, 0.2) is 0 Å². The molecule has 0 aromatic carbocycles. The number of nitrogens with two attached hydrogens (primary N) is 1. The molecule has 3 nitrogen and oxygen atoms in total. The van der Waals surface area contributed by atoms with Gasteiger partial charge in [-0.1, -0.05) is 12.2 Å². The van der Waals surface area contributed by atoms with Crippen molar-refractivity contribution in [3.8, 4) is 0 Å². The van der Waals surface area contributed by atoms with Crippen LogP contribution in [0.1, 0.15) is 6.42 Å². The second-order valence-electron chi connectivity index (χ2n) is 2.25. The molecule has 0 radical (unpaired) electrons. The molecule has 0 aliphatic carbocycles. The Morgan fingerprint density at radius 3 is 2.80 bits per heavy atom. The second kappa shape index (κ2) is 3.85. The predicted octanol–water partition coefficient (Wildman–Crippen LogP) is 0.0780. The van der Waals surface area contributed by atoms with Crippen molar-refractivity contribution in [3.63, 3.8) is 0 Å². The van der Waals surface area contributed by atoms with Gasteiger partial charge < -0.3 is 15.2 Å². The lowest BCUT2D eigenvalue weighted by Gasteiger charge is -2.25. The Morgan fingerprint density at radius 2 is 2.40 bits per heavy atom. The van der Waals surface area contributed by atoms with E-state index in [9.17, 15) is 0 Å². The first-order valence-corrected chi connectivity index (χ1v) is 3.67. The highest BCUT2D eigenvalue weighted by Gasteiger charge is 2.17. The molecule has 1 fully saturated rings. The van der Waals surface area contributed by atoms with Crippen LogP contribution in [0.5, 0.6) is 0 Å². The van der Waals surface area contributed by atoms with Gasteiger partial charge in [-0.15, -0.1) is 0 Å². The summed E-state index contributed by atoms with van der Waals surface area (Å²) in [6.07, 6.45) is 0.959. The molecule has 0 saturated carbocycles. The van der Waals surface area contributed by atoms with Gasteiger partial charge in [0.2, 0.25) is 0 Å². The van der Waals surface area contributed by atoms with Crippen LogP contribution >= 0.6 is 12.2 Å². The summed E-state index contributed by atoms with van der Waals surface area (Å²) < 4.78 is 10.2. The van der Waals surface area contributed by atoms with E-state index in [1.165, 1.54) is 0 Å². The third-order valence-electron chi connectivity index (χ3n) is 1.31. The van der Waals surface area contributed by atoms with Crippen LogP contribution in [-0.2, 0) is 9.47 Å². The fourth-order valence-corrected chi connectivity index (χ4v) is 0.720. The van der Waals surface area contributed by atoms with Crippen molar-refractivity contribution in [2.45, 2.75) is 12.5 Å². The largest absolute Gasteiger partial charge is 0.393 e. The minimum absolute atomic E-state index is 0.286. The van der Waals surface area contributed by atoms with Crippen molar-refractivity contribution >= 4 is 17.2 Å². The monoisotopic (exact) mass is 161 g/mol. The van der Waals surface area contributed by atoms with Crippen LogP contribution in [0.25, 0.3) is 0 Å². The maximum absolute atomic E-state index is 5.30. The summed E-state index contributed by atoms with van der Waals surface area (Å²) in [5.74, 6) is 0. The Balaban J connectivity index is 1.89. The average molecular weight is 161 g/mol. The zero-order chi connectivity index (χ0) is 7.40. The third kappa shape index (κ3) is 2.60. The molecule has 1 saturated heterocycles. The first-order valence-electron chi connectivity index (χ1n) is 3.26. The first kappa shape index (κ1) is 7.91. The summed E-state index contributed by atoms with van der Waals surface area (Å²) in [5, 5.41) is 0. The van der Waals surface area contributed by atoms with E-state index in [-0.39, 0.29) is 6.10 Å². The fraction of sp³-hybridized carbons (Fsp3) is 0.833. The number of ether oxygens (including phenoxy) is 2. The molecule has 0 bridgehead atoms. The number of thiocarbonyl (C=S) groups is 1. The van der Waals surface area contributed by atoms with Crippen molar-refractivity contribution in [3.05, 3.63) is 0 Å². The zero-order valence-corrected chi connectivity index (χ0v) is 6.52. The van der Waals surface area contributed by atoms with E-state index < -0.39 is 0 Å². The molecule has 10 heavy (non-hydrogen) atoms. The number of rotatable bonds is 4. The van der Waals surface area contributed by atoms with E-state index in [2.05, 4.69) is 12.2 Å². The molecule has 1 rings (SSSR count). The van der Waals surface area contributed by atoms with E-state index >= 15 is 0 Å². The predicted molar refractivity (Wildman–Crippen MR) is 42.0 cm³/mol. The molecule has 1 aliphatic heterocycles. The highest BCUT2D eigenvalue weighted by atomic mass is 32.1. The standard InChI is InChI=1S/C6H11NO2S/c7-6(10)1-2-9-5-3-8-4-5/h5H,1-4H2,(H2,7,10). The molecule has 0 aromatic heterocycles. The Bertz CT molecular complexity index is 125. The van der Waals surface area contributed by atoms with Gasteiger partial charge in [-0.2, -0.15) is 0 Å². The van der Waals surface area contributed by atoms with Gasteiger partial charge in [-0.05, 0) is 0 Å². The molecule has 58 valence electrons. The van der Waals surface area contributed by atoms with Crippen LogP contribution in [0.2, 0.25) is 0 Å². The molecular formula is C6H11NO2S. The Kier molecular flexibility index (Phi) is 3.05. The van der Waals surface area contributed by atoms with Gasteiger partial charge in [0.1, 0.15) is 6.10 Å². The minimum atomic E-state index is 0.286. The molecule has 4 heteroatoms. The summed E-state index contributed by atoms with van der Waals surface area (Å²) in [5.41, 5.74) is 5.26. The topological polar surface area (TPSA) is 44.5 Å². The molecule has 0 atom stereocenters. The minimum Gasteiger partial charge on any atom is -0.393 e. The lowest BCUT2D eigenvalue weighted by Crippen LogP contribution is -2.36. The van der Waals surface area contributed by atoms with Crippen molar-refractivity contribution < 1.29 is 9.47 Å². The van der Waals surface area contributed by atoms with Crippen LogP contribution in [-0.4, -0.2) is 30.9 Å². The second-order valence-corrected chi connectivity index (χ2v) is 2.77. The van der Waals surface area contributed by atoms with Crippen LogP contribution in [0.4, 0.5) is 0 Å². The maximum Gasteiger partial charge on any atom is 0.104 e. The van der Waals surface area contributed by atoms with Crippen LogP contribution in [0.3, 0.4) is 0 Å². The summed E-state index contributed by atoms with van der Waals surface area (Å²) in [7, 11) is 0. The Labute approximate surface area is 65.5 Å². The summed E-state index contributed by atoms with van der Waals surface area (Å²) >= 11 is 4.67. The van der Waals surface area contributed by atoms with E-state index in [0.717, 1.165) is 13.2 Å². The van der Waals surface area contributed by atoms with Crippen LogP contribution in [0, 0.1) is 0 Å². The van der Waals surface area contributed by atoms with Crippen molar-refractivity contribution in [2.75, 3.05) is 19.8 Å². The molecule has 0 amide bonds. The normalized spacial score (nSPS) is 18.4. The SMILES string of the molecule is NC(=S)CCOC1COC1. The lowest BCUT2D eigenvalue weighted by atomic mass is 10.3. The molecule has 0 aromatic rings. The highest BCUT2D eigenvalue weighted by molar-refractivity contribution is 7.80. The van der Waals surface area contributed by atoms with Gasteiger partial charge in [0, 0.05) is 6.42 Å². The number of hydrogen-bond acceptors (Lipinski definition) is 3. The van der Waals surface area contributed by atoms with Crippen LogP contribution < -0.4 is 5.73 Å². The molecule has 2 N–H and O–H groups in total. The average Bonchev–Trinajstić information content (AvgIpc) is 1.75. The molecular weight excluding hydrogens is 150 g/mol. The van der Waals surface area contributed by atoms with E-state index in [4.69, 9.17) is 15.2 Å². The molecule has 0 spiro atoms. The summed E-state index contributed by atoms with van der Waals surface area (Å²) in [6, 6.07) is 0. The van der Waals surface area contributed by atoms with E-state index in [1.54, 1.807) is 0 Å². The van der Waals surface area contributed by atoms with E-state index in [0.29, 0.717) is 18.0 Å². The van der Waals surface area contributed by atoms with Gasteiger partial charge in [0.25, 0.3) is 0 Å². The van der Waals surface area contributed by atoms with E-state index in [1.807, 2.05) is 0 Å². The fourth-order valence-electron chi connectivity index (χ4n) is 0.636. The van der Waals surface area contributed by atoms with Gasteiger partial charge in [-0.3, -0.25) is 0 Å². The van der Waals surface area contributed by atoms with Crippen molar-refractivity contribution in [1.82, 2.24) is 0 Å². The Hall–Kier alpha value is -0.190. The smallest absolute Gasteiger partial charge is 0.104 e. The third-order valence-corrected chi connectivity index (χ3v) is 1.51. The van der Waals surface area contributed by atoms with Crippen molar-refractivity contribution in [2.24, 2.45) is 5.73 Å². The molecule has 0 unspecified atom stereocenters. The quantitative estimate of drug-likeness (QED) is 0.593. The lowest BCUT2D eigenvalue weighted by molar-refractivity contribution is -0.127.